The van der Waals surface area contributed by atoms with E-state index in [-0.39, 0.29) is 11.5 Å². The van der Waals surface area contributed by atoms with E-state index in [2.05, 4.69) is 4.98 Å². The maximum absolute atomic E-state index is 12.5. The Kier molecular flexibility index (Phi) is 3.85. The fourth-order valence-electron chi connectivity index (χ4n) is 1.00. The third kappa shape index (κ3) is 2.23. The summed E-state index contributed by atoms with van der Waals surface area (Å²) in [5, 5.41) is 0. The van der Waals surface area contributed by atoms with Gasteiger partial charge >= 0.3 is 0 Å². The molecule has 14 heavy (non-hydrogen) atoms. The van der Waals surface area contributed by atoms with E-state index in [1.807, 2.05) is 22.6 Å². The van der Waals surface area contributed by atoms with E-state index in [4.69, 9.17) is 9.47 Å². The lowest BCUT2D eigenvalue weighted by atomic mass is 10.3. The molecule has 0 bridgehead atoms. The van der Waals surface area contributed by atoms with Gasteiger partial charge in [-0.1, -0.05) is 0 Å². The van der Waals surface area contributed by atoms with E-state index in [9.17, 15) is 8.78 Å². The predicted molar refractivity (Wildman–Crippen MR) is 55.0 cm³/mol. The summed E-state index contributed by atoms with van der Waals surface area (Å²) < 4.78 is 35.2. The Bertz CT molecular complexity index is 333. The van der Waals surface area contributed by atoms with Crippen molar-refractivity contribution < 1.29 is 18.3 Å². The zero-order valence-electron chi connectivity index (χ0n) is 7.55. The minimum Gasteiger partial charge on any atom is -0.493 e. The Morgan fingerprint density at radius 3 is 2.43 bits per heavy atom. The maximum atomic E-state index is 12.5. The van der Waals surface area contributed by atoms with E-state index in [0.29, 0.717) is 3.70 Å². The Hall–Kier alpha value is -0.660. The Balaban J connectivity index is 3.31. The summed E-state index contributed by atoms with van der Waals surface area (Å²) in [5.74, 6) is 0.255. The quantitative estimate of drug-likeness (QED) is 0.635. The van der Waals surface area contributed by atoms with Gasteiger partial charge in [-0.3, -0.25) is 0 Å². The van der Waals surface area contributed by atoms with Crippen LogP contribution in [0.1, 0.15) is 12.1 Å². The third-order valence-corrected chi connectivity index (χ3v) is 2.12. The van der Waals surface area contributed by atoms with Crippen molar-refractivity contribution in [2.45, 2.75) is 6.43 Å². The second-order valence-electron chi connectivity index (χ2n) is 2.37. The molecule has 0 aliphatic carbocycles. The molecule has 0 N–H and O–H groups in total. The van der Waals surface area contributed by atoms with Crippen LogP contribution in [0.4, 0.5) is 8.78 Å². The Morgan fingerprint density at radius 2 is 2.00 bits per heavy atom. The van der Waals surface area contributed by atoms with Crippen LogP contribution in [-0.4, -0.2) is 19.2 Å². The average Bonchev–Trinajstić information content (AvgIpc) is 2.16. The first-order chi connectivity index (χ1) is 6.60. The fraction of sp³-hybridized carbons (Fsp3) is 0.375. The van der Waals surface area contributed by atoms with Gasteiger partial charge in [-0.15, -0.1) is 0 Å². The summed E-state index contributed by atoms with van der Waals surface area (Å²) in [4.78, 5) is 3.68. The van der Waals surface area contributed by atoms with Gasteiger partial charge in [0.1, 0.15) is 3.70 Å². The van der Waals surface area contributed by atoms with Crippen LogP contribution in [0.25, 0.3) is 0 Å². The van der Waals surface area contributed by atoms with Crippen LogP contribution in [0.3, 0.4) is 0 Å². The predicted octanol–water partition coefficient (Wildman–Crippen LogP) is 2.64. The molecule has 1 aromatic rings. The molecule has 0 fully saturated rings. The molecule has 3 nitrogen and oxygen atoms in total. The van der Waals surface area contributed by atoms with E-state index in [1.54, 1.807) is 0 Å². The second-order valence-corrected chi connectivity index (χ2v) is 3.47. The van der Waals surface area contributed by atoms with Crippen LogP contribution >= 0.6 is 22.6 Å². The summed E-state index contributed by atoms with van der Waals surface area (Å²) in [7, 11) is 2.70. The van der Waals surface area contributed by atoms with Gasteiger partial charge in [-0.05, 0) is 22.6 Å². The molecule has 0 amide bonds. The number of aromatic nitrogens is 1. The van der Waals surface area contributed by atoms with Gasteiger partial charge in [0.25, 0.3) is 6.43 Å². The van der Waals surface area contributed by atoms with Gasteiger partial charge < -0.3 is 9.47 Å². The van der Waals surface area contributed by atoms with Crippen molar-refractivity contribution in [3.05, 3.63) is 15.5 Å². The van der Waals surface area contributed by atoms with E-state index >= 15 is 0 Å². The van der Waals surface area contributed by atoms with E-state index in [1.165, 1.54) is 20.3 Å². The van der Waals surface area contributed by atoms with Gasteiger partial charge in [-0.2, -0.15) is 0 Å². The third-order valence-electron chi connectivity index (χ3n) is 1.56. The molecule has 1 heterocycles. The van der Waals surface area contributed by atoms with Gasteiger partial charge in [0.05, 0.1) is 14.2 Å². The van der Waals surface area contributed by atoms with Crippen LogP contribution < -0.4 is 9.47 Å². The molecule has 0 spiro atoms. The summed E-state index contributed by atoms with van der Waals surface area (Å²) in [5.41, 5.74) is -0.392. The molecular weight excluding hydrogens is 307 g/mol. The first-order valence-corrected chi connectivity index (χ1v) is 4.74. The monoisotopic (exact) mass is 315 g/mol. The van der Waals surface area contributed by atoms with Gasteiger partial charge in [-0.25, -0.2) is 13.8 Å². The lowest BCUT2D eigenvalue weighted by Crippen LogP contribution is -2.01. The first kappa shape index (κ1) is 11.4. The molecule has 1 aromatic heterocycles. The molecule has 0 aromatic carbocycles. The topological polar surface area (TPSA) is 31.4 Å². The number of hydrogen-bond donors (Lipinski definition) is 0. The minimum absolute atomic E-state index is 0.0112. The molecule has 0 atom stereocenters. The summed E-state index contributed by atoms with van der Waals surface area (Å²) in [6.07, 6.45) is -2.67. The molecule has 6 heteroatoms. The highest BCUT2D eigenvalue weighted by atomic mass is 127. The number of alkyl halides is 2. The molecule has 0 saturated heterocycles. The van der Waals surface area contributed by atoms with Crippen molar-refractivity contribution in [3.63, 3.8) is 0 Å². The lowest BCUT2D eigenvalue weighted by Gasteiger charge is -2.11. The Labute approximate surface area is 93.6 Å². The second kappa shape index (κ2) is 4.72. The number of ether oxygens (including phenoxy) is 2. The fourth-order valence-corrected chi connectivity index (χ4v) is 1.55. The molecule has 78 valence electrons. The molecular formula is C8H8F2INO2. The first-order valence-electron chi connectivity index (χ1n) is 3.66. The van der Waals surface area contributed by atoms with Gasteiger partial charge in [0.2, 0.25) is 0 Å². The standard InChI is InChI=1S/C8H8F2INO2/c1-13-4-3-5(11)12-6(8(9)10)7(4)14-2/h3,8H,1-2H3. The van der Waals surface area contributed by atoms with Crippen molar-refractivity contribution in [1.29, 1.82) is 0 Å². The highest BCUT2D eigenvalue weighted by Crippen LogP contribution is 2.36. The van der Waals surface area contributed by atoms with Crippen LogP contribution in [0, 0.1) is 3.70 Å². The summed E-state index contributed by atoms with van der Waals surface area (Å²) in [6, 6.07) is 1.53. The van der Waals surface area contributed by atoms with Crippen LogP contribution in [0.15, 0.2) is 6.07 Å². The highest BCUT2D eigenvalue weighted by Gasteiger charge is 2.20. The summed E-state index contributed by atoms with van der Waals surface area (Å²) in [6.45, 7) is 0. The number of rotatable bonds is 3. The van der Waals surface area contributed by atoms with E-state index < -0.39 is 12.1 Å². The van der Waals surface area contributed by atoms with Crippen molar-refractivity contribution in [3.8, 4) is 11.5 Å². The number of methoxy groups -OCH3 is 2. The minimum atomic E-state index is -2.67. The molecule has 0 radical (unpaired) electrons. The Morgan fingerprint density at radius 1 is 1.36 bits per heavy atom. The zero-order valence-corrected chi connectivity index (χ0v) is 9.71. The molecule has 0 unspecified atom stereocenters. The van der Waals surface area contributed by atoms with Crippen LogP contribution in [0.5, 0.6) is 11.5 Å². The normalized spacial score (nSPS) is 10.4. The highest BCUT2D eigenvalue weighted by molar-refractivity contribution is 14.1. The van der Waals surface area contributed by atoms with Crippen LogP contribution in [0.2, 0.25) is 0 Å². The van der Waals surface area contributed by atoms with Crippen LogP contribution in [-0.2, 0) is 0 Å². The van der Waals surface area contributed by atoms with Crippen molar-refractivity contribution in [2.24, 2.45) is 0 Å². The van der Waals surface area contributed by atoms with Crippen molar-refractivity contribution in [1.82, 2.24) is 4.98 Å². The summed E-state index contributed by atoms with van der Waals surface area (Å²) >= 11 is 1.84. The zero-order chi connectivity index (χ0) is 10.7. The molecule has 0 aliphatic rings. The van der Waals surface area contributed by atoms with Gasteiger partial charge in [0.15, 0.2) is 17.2 Å². The van der Waals surface area contributed by atoms with Crippen molar-refractivity contribution >= 4 is 22.6 Å². The maximum Gasteiger partial charge on any atom is 0.284 e. The SMILES string of the molecule is COc1cc(I)nc(C(F)F)c1OC. The number of pyridine rings is 1. The number of hydrogen-bond acceptors (Lipinski definition) is 3. The molecule has 1 rings (SSSR count). The van der Waals surface area contributed by atoms with E-state index in [0.717, 1.165) is 0 Å². The van der Waals surface area contributed by atoms with Gasteiger partial charge in [0, 0.05) is 6.07 Å². The smallest absolute Gasteiger partial charge is 0.284 e. The molecule has 0 saturated carbocycles. The number of halogens is 3. The number of nitrogens with zero attached hydrogens (tertiary/aromatic N) is 1. The lowest BCUT2D eigenvalue weighted by molar-refractivity contribution is 0.140. The largest absolute Gasteiger partial charge is 0.493 e. The molecule has 0 aliphatic heterocycles. The average molecular weight is 315 g/mol. The van der Waals surface area contributed by atoms with Crippen molar-refractivity contribution in [2.75, 3.05) is 14.2 Å².